The van der Waals surface area contributed by atoms with Crippen LogP contribution in [0.2, 0.25) is 0 Å². The molecule has 1 atom stereocenters. The van der Waals surface area contributed by atoms with Crippen molar-refractivity contribution in [2.45, 2.75) is 37.4 Å². The van der Waals surface area contributed by atoms with Crippen molar-refractivity contribution >= 4 is 36.8 Å². The molecule has 188 valence electrons. The molecule has 0 spiro atoms. The molecule has 1 N–H and O–H groups in total. The van der Waals surface area contributed by atoms with Crippen LogP contribution in [-0.4, -0.2) is 58.7 Å². The summed E-state index contributed by atoms with van der Waals surface area (Å²) in [5.74, 6) is -0.126. The van der Waals surface area contributed by atoms with Gasteiger partial charge in [0.1, 0.15) is 5.69 Å². The lowest BCUT2D eigenvalue weighted by atomic mass is 9.96. The first-order valence-corrected chi connectivity index (χ1v) is 15.0. The third kappa shape index (κ3) is 5.57. The largest absolute Gasteiger partial charge is 0.354 e. The molecule has 2 aromatic carbocycles. The summed E-state index contributed by atoms with van der Waals surface area (Å²) in [6.07, 6.45) is 3.88. The quantitative estimate of drug-likeness (QED) is 0.431. The topological polar surface area (TPSA) is 124 Å². The van der Waals surface area contributed by atoms with Crippen LogP contribution in [0.1, 0.15) is 57.6 Å². The van der Waals surface area contributed by atoms with E-state index in [1.165, 1.54) is 0 Å². The smallest absolute Gasteiger partial charge is 0.270 e. The van der Waals surface area contributed by atoms with Gasteiger partial charge in [-0.15, -0.1) is 0 Å². The number of benzene rings is 2. The lowest BCUT2D eigenvalue weighted by Crippen LogP contribution is -2.22. The van der Waals surface area contributed by atoms with Crippen molar-refractivity contribution in [1.29, 1.82) is 0 Å². The fraction of sp³-hybridized carbons (Fsp3) is 0.417. The Morgan fingerprint density at radius 3 is 2.34 bits per heavy atom. The van der Waals surface area contributed by atoms with Crippen molar-refractivity contribution in [3.63, 3.8) is 0 Å². The van der Waals surface area contributed by atoms with E-state index in [2.05, 4.69) is 10.4 Å². The van der Waals surface area contributed by atoms with Crippen LogP contribution in [0.25, 0.3) is 16.6 Å². The van der Waals surface area contributed by atoms with E-state index in [1.807, 2.05) is 37.3 Å². The molecule has 1 heterocycles. The van der Waals surface area contributed by atoms with Crippen LogP contribution in [0.15, 0.2) is 36.4 Å². The Bertz CT molecular complexity index is 1490. The second-order valence-corrected chi connectivity index (χ2v) is 13.0. The second-order valence-electron chi connectivity index (χ2n) is 9.08. The molecule has 1 fully saturated rings. The number of fused-ring (bicyclic) bond motifs is 1. The zero-order chi connectivity index (χ0) is 25.5. The fourth-order valence-electron chi connectivity index (χ4n) is 4.31. The highest BCUT2D eigenvalue weighted by Crippen LogP contribution is 2.46. The molecule has 0 bridgehead atoms. The second kappa shape index (κ2) is 9.36. The molecular formula is C24H29N3O6S2. The number of hydrogen-bond acceptors (Lipinski definition) is 7. The highest BCUT2D eigenvalue weighted by molar-refractivity contribution is 7.91. The summed E-state index contributed by atoms with van der Waals surface area (Å²) in [5, 5.41) is 7.03. The van der Waals surface area contributed by atoms with Gasteiger partial charge in [-0.1, -0.05) is 17.7 Å². The predicted molar refractivity (Wildman–Crippen MR) is 134 cm³/mol. The zero-order valence-corrected chi connectivity index (χ0v) is 21.7. The summed E-state index contributed by atoms with van der Waals surface area (Å²) < 4.78 is 54.9. The Morgan fingerprint density at radius 2 is 1.80 bits per heavy atom. The number of nitrogens with zero attached hydrogens (tertiary/aromatic N) is 2. The summed E-state index contributed by atoms with van der Waals surface area (Å²) in [7, 11) is -5.75. The van der Waals surface area contributed by atoms with E-state index >= 15 is 0 Å². The van der Waals surface area contributed by atoms with Crippen molar-refractivity contribution < 1.29 is 25.8 Å². The molecule has 11 heteroatoms. The van der Waals surface area contributed by atoms with Crippen molar-refractivity contribution in [3.8, 4) is 5.69 Å². The van der Waals surface area contributed by atoms with Gasteiger partial charge in [-0.2, -0.15) is 13.5 Å². The van der Waals surface area contributed by atoms with Crippen LogP contribution in [0.4, 0.5) is 0 Å². The number of sulfone groups is 1. The van der Waals surface area contributed by atoms with Crippen molar-refractivity contribution in [2.24, 2.45) is 0 Å². The summed E-state index contributed by atoms with van der Waals surface area (Å²) in [6, 6.07) is 11.2. The van der Waals surface area contributed by atoms with Gasteiger partial charge in [0.15, 0.2) is 9.84 Å². The molecule has 0 saturated heterocycles. The average molecular weight is 520 g/mol. The maximum atomic E-state index is 12.9. The standard InChI is InChI=1S/C24H29N3O6S2/c1-15-5-9-17(10-6-15)27-23(24(28)25-2)20-13-18(16-7-8-16)19(14-21(20)26-27)22(34(3,29)30)11-12-33-35(4,31)32/h5-6,9-10,13-14,16,22H,7-8,11-12H2,1-4H3,(H,25,28)/t22-/m1/s1. The van der Waals surface area contributed by atoms with E-state index in [0.717, 1.165) is 36.5 Å². The first kappa shape index (κ1) is 25.3. The normalized spacial score (nSPS) is 15.3. The fourth-order valence-corrected chi connectivity index (χ4v) is 5.90. The van der Waals surface area contributed by atoms with Gasteiger partial charge in [0.2, 0.25) is 0 Å². The van der Waals surface area contributed by atoms with E-state index in [9.17, 15) is 21.6 Å². The van der Waals surface area contributed by atoms with Gasteiger partial charge < -0.3 is 5.32 Å². The van der Waals surface area contributed by atoms with Gasteiger partial charge in [-0.05, 0) is 67.5 Å². The highest BCUT2D eigenvalue weighted by Gasteiger charge is 2.34. The van der Waals surface area contributed by atoms with E-state index in [-0.39, 0.29) is 24.9 Å². The third-order valence-electron chi connectivity index (χ3n) is 6.16. The number of carbonyl (C=O) groups excluding carboxylic acids is 1. The van der Waals surface area contributed by atoms with Gasteiger partial charge in [-0.25, -0.2) is 13.1 Å². The minimum atomic E-state index is -3.70. The lowest BCUT2D eigenvalue weighted by Gasteiger charge is -2.19. The van der Waals surface area contributed by atoms with Crippen LogP contribution >= 0.6 is 0 Å². The van der Waals surface area contributed by atoms with E-state index in [0.29, 0.717) is 27.8 Å². The lowest BCUT2D eigenvalue weighted by molar-refractivity contribution is 0.0957. The van der Waals surface area contributed by atoms with Crippen LogP contribution < -0.4 is 5.32 Å². The molecular weight excluding hydrogens is 490 g/mol. The molecule has 9 nitrogen and oxygen atoms in total. The maximum Gasteiger partial charge on any atom is 0.270 e. The predicted octanol–water partition coefficient (Wildman–Crippen LogP) is 3.02. The molecule has 35 heavy (non-hydrogen) atoms. The summed E-state index contributed by atoms with van der Waals surface area (Å²) in [5.41, 5.74) is 4.06. The van der Waals surface area contributed by atoms with Gasteiger partial charge in [0, 0.05) is 18.7 Å². The SMILES string of the molecule is CNC(=O)c1c2cc(C3CC3)c([C@@H](CCOS(C)(=O)=O)S(C)(=O)=O)cc2nn1-c1ccc(C)cc1. The highest BCUT2D eigenvalue weighted by atomic mass is 32.2. The number of aryl methyl sites for hydroxylation is 1. The number of nitrogens with one attached hydrogen (secondary N) is 1. The summed E-state index contributed by atoms with van der Waals surface area (Å²) in [6.45, 7) is 1.72. The number of rotatable bonds is 9. The first-order valence-electron chi connectivity index (χ1n) is 11.3. The summed E-state index contributed by atoms with van der Waals surface area (Å²) in [4.78, 5) is 12.9. The number of hydrogen-bond donors (Lipinski definition) is 1. The minimum Gasteiger partial charge on any atom is -0.354 e. The average Bonchev–Trinajstić information content (AvgIpc) is 3.55. The van der Waals surface area contributed by atoms with Gasteiger partial charge in [0.05, 0.1) is 29.3 Å². The maximum absolute atomic E-state index is 12.9. The van der Waals surface area contributed by atoms with E-state index in [1.54, 1.807) is 17.8 Å². The van der Waals surface area contributed by atoms with Crippen LogP contribution in [0.5, 0.6) is 0 Å². The van der Waals surface area contributed by atoms with Crippen LogP contribution in [0, 0.1) is 6.92 Å². The monoisotopic (exact) mass is 519 g/mol. The molecule has 0 aliphatic heterocycles. The molecule has 1 aromatic heterocycles. The third-order valence-corrected chi connectivity index (χ3v) is 8.27. The Hall–Kier alpha value is -2.76. The molecule has 0 unspecified atom stereocenters. The summed E-state index contributed by atoms with van der Waals surface area (Å²) >= 11 is 0. The minimum absolute atomic E-state index is 0.0158. The molecule has 0 radical (unpaired) electrons. The van der Waals surface area contributed by atoms with E-state index in [4.69, 9.17) is 4.18 Å². The Balaban J connectivity index is 1.90. The van der Waals surface area contributed by atoms with Crippen LogP contribution in [0.3, 0.4) is 0 Å². The Kier molecular flexibility index (Phi) is 6.78. The number of amides is 1. The molecule has 1 amide bonds. The van der Waals surface area contributed by atoms with Crippen molar-refractivity contribution in [2.75, 3.05) is 26.2 Å². The van der Waals surface area contributed by atoms with Crippen molar-refractivity contribution in [1.82, 2.24) is 15.1 Å². The van der Waals surface area contributed by atoms with Gasteiger partial charge in [0.25, 0.3) is 16.0 Å². The molecule has 1 aliphatic carbocycles. The zero-order valence-electron chi connectivity index (χ0n) is 20.1. The van der Waals surface area contributed by atoms with E-state index < -0.39 is 25.2 Å². The number of aromatic nitrogens is 2. The molecule has 3 aromatic rings. The first-order chi connectivity index (χ1) is 16.4. The Labute approximate surface area is 205 Å². The van der Waals surface area contributed by atoms with Gasteiger partial charge >= 0.3 is 0 Å². The Morgan fingerprint density at radius 1 is 1.14 bits per heavy atom. The van der Waals surface area contributed by atoms with Gasteiger partial charge in [-0.3, -0.25) is 8.98 Å². The van der Waals surface area contributed by atoms with Crippen LogP contribution in [-0.2, 0) is 24.1 Å². The molecule has 4 rings (SSSR count). The molecule has 1 saturated carbocycles. The number of carbonyl (C=O) groups is 1. The molecule has 1 aliphatic rings. The van der Waals surface area contributed by atoms with Crippen molar-refractivity contribution in [3.05, 3.63) is 58.8 Å².